The summed E-state index contributed by atoms with van der Waals surface area (Å²) in [6.07, 6.45) is 0.937. The molecule has 5 nitrogen and oxygen atoms in total. The Morgan fingerprint density at radius 2 is 1.82 bits per heavy atom. The number of benzene rings is 1. The standard InChI is InChI=1S/C11H11ClN2O3/c12-7-1-3-8(4-2-7)13-10(17)14-11(5-6-11)9(15)16/h1-4H,5-6H2,(H,15,16)(H2,13,14,17). The normalized spacial score (nSPS) is 16.1. The highest BCUT2D eigenvalue weighted by molar-refractivity contribution is 6.30. The summed E-state index contributed by atoms with van der Waals surface area (Å²) in [7, 11) is 0. The maximum absolute atomic E-state index is 11.5. The van der Waals surface area contributed by atoms with Gasteiger partial charge in [-0.3, -0.25) is 0 Å². The number of hydrogen-bond donors (Lipinski definition) is 3. The Morgan fingerprint density at radius 1 is 1.24 bits per heavy atom. The number of rotatable bonds is 3. The van der Waals surface area contributed by atoms with Gasteiger partial charge in [-0.1, -0.05) is 11.6 Å². The average Bonchev–Trinajstić information content (AvgIpc) is 3.02. The fourth-order valence-corrected chi connectivity index (χ4v) is 1.56. The molecule has 1 aromatic carbocycles. The number of carbonyl (C=O) groups excluding carboxylic acids is 1. The van der Waals surface area contributed by atoms with E-state index in [4.69, 9.17) is 16.7 Å². The van der Waals surface area contributed by atoms with Crippen LogP contribution in [0.1, 0.15) is 12.8 Å². The molecule has 0 saturated heterocycles. The van der Waals surface area contributed by atoms with Gasteiger partial charge in [0.2, 0.25) is 0 Å². The van der Waals surface area contributed by atoms with Crippen molar-refractivity contribution in [3.8, 4) is 0 Å². The molecule has 90 valence electrons. The molecular weight excluding hydrogens is 244 g/mol. The van der Waals surface area contributed by atoms with E-state index >= 15 is 0 Å². The number of carboxylic acids is 1. The van der Waals surface area contributed by atoms with Gasteiger partial charge < -0.3 is 15.7 Å². The zero-order valence-corrected chi connectivity index (χ0v) is 9.62. The van der Waals surface area contributed by atoms with Crippen LogP contribution in [0.3, 0.4) is 0 Å². The quantitative estimate of drug-likeness (QED) is 0.773. The van der Waals surface area contributed by atoms with Crippen molar-refractivity contribution in [1.82, 2.24) is 5.32 Å². The van der Waals surface area contributed by atoms with E-state index in [0.29, 0.717) is 23.6 Å². The number of aliphatic carboxylic acids is 1. The number of amides is 2. The van der Waals surface area contributed by atoms with E-state index in [2.05, 4.69) is 10.6 Å². The number of carboxylic acid groups (broad SMARTS) is 1. The van der Waals surface area contributed by atoms with Crippen LogP contribution < -0.4 is 10.6 Å². The fraction of sp³-hybridized carbons (Fsp3) is 0.273. The zero-order valence-electron chi connectivity index (χ0n) is 8.87. The van der Waals surface area contributed by atoms with Crippen molar-refractivity contribution < 1.29 is 14.7 Å². The molecule has 0 bridgehead atoms. The van der Waals surface area contributed by atoms with Crippen molar-refractivity contribution in [2.24, 2.45) is 0 Å². The van der Waals surface area contributed by atoms with Crippen LogP contribution in [0.5, 0.6) is 0 Å². The number of halogens is 1. The summed E-state index contributed by atoms with van der Waals surface area (Å²) in [5.74, 6) is -0.997. The molecular formula is C11H11ClN2O3. The number of urea groups is 1. The van der Waals surface area contributed by atoms with Gasteiger partial charge in [0.05, 0.1) is 0 Å². The van der Waals surface area contributed by atoms with Crippen LogP contribution in [-0.2, 0) is 4.79 Å². The lowest BCUT2D eigenvalue weighted by molar-refractivity contribution is -0.140. The minimum absolute atomic E-state index is 0.469. The SMILES string of the molecule is O=C(Nc1ccc(Cl)cc1)NC1(C(=O)O)CC1. The Bertz CT molecular complexity index is 454. The molecule has 3 N–H and O–H groups in total. The lowest BCUT2D eigenvalue weighted by atomic mass is 10.3. The largest absolute Gasteiger partial charge is 0.480 e. The third-order valence-corrected chi connectivity index (χ3v) is 2.87. The van der Waals surface area contributed by atoms with Crippen molar-refractivity contribution in [1.29, 1.82) is 0 Å². The van der Waals surface area contributed by atoms with Crippen LogP contribution in [-0.4, -0.2) is 22.6 Å². The molecule has 0 unspecified atom stereocenters. The van der Waals surface area contributed by atoms with Gasteiger partial charge in [-0.2, -0.15) is 0 Å². The monoisotopic (exact) mass is 254 g/mol. The molecule has 0 radical (unpaired) electrons. The van der Waals surface area contributed by atoms with Gasteiger partial charge in [-0.25, -0.2) is 9.59 Å². The molecule has 1 fully saturated rings. The summed E-state index contributed by atoms with van der Waals surface area (Å²) >= 11 is 5.70. The molecule has 1 aromatic rings. The summed E-state index contributed by atoms with van der Waals surface area (Å²) < 4.78 is 0. The summed E-state index contributed by atoms with van der Waals surface area (Å²) in [5, 5.41) is 14.5. The van der Waals surface area contributed by atoms with Crippen molar-refractivity contribution in [3.63, 3.8) is 0 Å². The highest BCUT2D eigenvalue weighted by Gasteiger charge is 2.51. The molecule has 17 heavy (non-hydrogen) atoms. The van der Waals surface area contributed by atoms with Gasteiger partial charge >= 0.3 is 12.0 Å². The first-order valence-electron chi connectivity index (χ1n) is 5.10. The summed E-state index contributed by atoms with van der Waals surface area (Å²) in [4.78, 5) is 22.4. The molecule has 1 aliphatic rings. The van der Waals surface area contributed by atoms with Gasteiger partial charge in [0.1, 0.15) is 5.54 Å². The molecule has 1 saturated carbocycles. The van der Waals surface area contributed by atoms with Crippen molar-refractivity contribution in [3.05, 3.63) is 29.3 Å². The highest BCUT2D eigenvalue weighted by Crippen LogP contribution is 2.35. The highest BCUT2D eigenvalue weighted by atomic mass is 35.5. The van der Waals surface area contributed by atoms with E-state index < -0.39 is 17.5 Å². The molecule has 0 aromatic heterocycles. The smallest absolute Gasteiger partial charge is 0.329 e. The number of hydrogen-bond acceptors (Lipinski definition) is 2. The first kappa shape index (κ1) is 11.7. The lowest BCUT2D eigenvalue weighted by Crippen LogP contribution is -2.45. The van der Waals surface area contributed by atoms with Crippen LogP contribution in [0, 0.1) is 0 Å². The topological polar surface area (TPSA) is 78.4 Å². The molecule has 2 amide bonds. The Hall–Kier alpha value is -1.75. The maximum atomic E-state index is 11.5. The molecule has 2 rings (SSSR count). The van der Waals surface area contributed by atoms with E-state index in [0.717, 1.165) is 0 Å². The second-order valence-electron chi connectivity index (χ2n) is 3.97. The summed E-state index contributed by atoms with van der Waals surface area (Å²) in [6.45, 7) is 0. The van der Waals surface area contributed by atoms with Gasteiger partial charge in [0.25, 0.3) is 0 Å². The third kappa shape index (κ3) is 2.68. The predicted molar refractivity (Wildman–Crippen MR) is 63.2 cm³/mol. The van der Waals surface area contributed by atoms with Gasteiger partial charge in [-0.15, -0.1) is 0 Å². The van der Waals surface area contributed by atoms with Gasteiger partial charge in [0.15, 0.2) is 0 Å². The molecule has 6 heteroatoms. The maximum Gasteiger partial charge on any atom is 0.329 e. The number of nitrogens with one attached hydrogen (secondary N) is 2. The number of anilines is 1. The van der Waals surface area contributed by atoms with E-state index in [-0.39, 0.29) is 0 Å². The summed E-state index contributed by atoms with van der Waals surface area (Å²) in [5.41, 5.74) is -0.510. The second-order valence-corrected chi connectivity index (χ2v) is 4.41. The third-order valence-electron chi connectivity index (χ3n) is 2.61. The van der Waals surface area contributed by atoms with E-state index in [9.17, 15) is 9.59 Å². The van der Waals surface area contributed by atoms with Gasteiger partial charge in [-0.05, 0) is 37.1 Å². The summed E-state index contributed by atoms with van der Waals surface area (Å²) in [6, 6.07) is 6.04. The molecule has 0 spiro atoms. The Morgan fingerprint density at radius 3 is 2.29 bits per heavy atom. The molecule has 0 aliphatic heterocycles. The fourth-order valence-electron chi connectivity index (χ4n) is 1.43. The minimum Gasteiger partial charge on any atom is -0.480 e. The average molecular weight is 255 g/mol. The van der Waals surface area contributed by atoms with Gasteiger partial charge in [0, 0.05) is 10.7 Å². The van der Waals surface area contributed by atoms with Crippen molar-refractivity contribution in [2.45, 2.75) is 18.4 Å². The van der Waals surface area contributed by atoms with Crippen molar-refractivity contribution >= 4 is 29.3 Å². The Kier molecular flexibility index (Phi) is 2.93. The van der Waals surface area contributed by atoms with Crippen LogP contribution in [0.15, 0.2) is 24.3 Å². The molecule has 1 aliphatic carbocycles. The first-order valence-corrected chi connectivity index (χ1v) is 5.48. The van der Waals surface area contributed by atoms with Crippen LogP contribution in [0.2, 0.25) is 5.02 Å². The van der Waals surface area contributed by atoms with E-state index in [1.165, 1.54) is 0 Å². The lowest BCUT2D eigenvalue weighted by Gasteiger charge is -2.13. The van der Waals surface area contributed by atoms with E-state index in [1.807, 2.05) is 0 Å². The minimum atomic E-state index is -1.07. The Balaban J connectivity index is 1.94. The van der Waals surface area contributed by atoms with Crippen LogP contribution in [0.25, 0.3) is 0 Å². The molecule has 0 heterocycles. The van der Waals surface area contributed by atoms with Crippen LogP contribution in [0.4, 0.5) is 10.5 Å². The predicted octanol–water partition coefficient (Wildman–Crippen LogP) is 2.08. The first-order chi connectivity index (χ1) is 8.02. The van der Waals surface area contributed by atoms with Crippen LogP contribution >= 0.6 is 11.6 Å². The Labute approximate surface area is 103 Å². The second kappa shape index (κ2) is 4.25. The molecule has 0 atom stereocenters. The number of carbonyl (C=O) groups is 2. The van der Waals surface area contributed by atoms with Crippen molar-refractivity contribution in [2.75, 3.05) is 5.32 Å². The zero-order chi connectivity index (χ0) is 12.5. The van der Waals surface area contributed by atoms with E-state index in [1.54, 1.807) is 24.3 Å².